The fraction of sp³-hybridized carbons (Fsp3) is 0.286. The van der Waals surface area contributed by atoms with E-state index in [2.05, 4.69) is 15.4 Å². The first-order valence-electron chi connectivity index (χ1n) is 9.58. The molecule has 2 heterocycles. The predicted molar refractivity (Wildman–Crippen MR) is 111 cm³/mol. The van der Waals surface area contributed by atoms with E-state index in [-0.39, 0.29) is 17.0 Å². The summed E-state index contributed by atoms with van der Waals surface area (Å²) in [5.74, 6) is -1.65. The second-order valence-corrected chi connectivity index (χ2v) is 10.1. The summed E-state index contributed by atoms with van der Waals surface area (Å²) in [5, 5.41) is 15.4. The molecular formula is C21H22F2N4O4S. The number of halogens is 2. The minimum Gasteiger partial charge on any atom is -0.465 e. The van der Waals surface area contributed by atoms with Crippen molar-refractivity contribution in [3.8, 4) is 5.69 Å². The number of carbonyl (C=O) groups is 1. The number of nitrogens with one attached hydrogen (secondary N) is 1. The van der Waals surface area contributed by atoms with E-state index in [1.165, 1.54) is 24.4 Å². The summed E-state index contributed by atoms with van der Waals surface area (Å²) in [7, 11) is -4.21. The van der Waals surface area contributed by atoms with Gasteiger partial charge in [0.05, 0.1) is 10.6 Å². The van der Waals surface area contributed by atoms with Gasteiger partial charge in [-0.05, 0) is 35.7 Å². The molecule has 0 fully saturated rings. The van der Waals surface area contributed by atoms with E-state index in [9.17, 15) is 27.1 Å². The summed E-state index contributed by atoms with van der Waals surface area (Å²) >= 11 is 0. The number of carboxylic acid groups (broad SMARTS) is 1. The monoisotopic (exact) mass is 464 g/mol. The fourth-order valence-corrected chi connectivity index (χ4v) is 4.44. The SMILES string of the molecule is CC(C)(C)C(Cc1cc(S(=O)(=O)c2cccnc2)n(-c2cc(F)ccc2F)n1)NC(=O)O. The topological polar surface area (TPSA) is 114 Å². The van der Waals surface area contributed by atoms with E-state index in [0.717, 1.165) is 29.1 Å². The highest BCUT2D eigenvalue weighted by molar-refractivity contribution is 7.91. The van der Waals surface area contributed by atoms with Gasteiger partial charge in [-0.2, -0.15) is 5.10 Å². The van der Waals surface area contributed by atoms with Gasteiger partial charge in [0.1, 0.15) is 17.3 Å². The van der Waals surface area contributed by atoms with Crippen LogP contribution in [0, 0.1) is 17.0 Å². The van der Waals surface area contributed by atoms with Crippen LogP contribution in [0.3, 0.4) is 0 Å². The Morgan fingerprint density at radius 3 is 2.53 bits per heavy atom. The van der Waals surface area contributed by atoms with Crippen LogP contribution in [0.4, 0.5) is 13.6 Å². The summed E-state index contributed by atoms with van der Waals surface area (Å²) in [5.41, 5.74) is -0.740. The molecule has 0 saturated carbocycles. The van der Waals surface area contributed by atoms with Gasteiger partial charge in [-0.3, -0.25) is 4.98 Å². The lowest BCUT2D eigenvalue weighted by Gasteiger charge is -2.29. The van der Waals surface area contributed by atoms with E-state index >= 15 is 0 Å². The van der Waals surface area contributed by atoms with Crippen molar-refractivity contribution in [2.75, 3.05) is 0 Å². The maximum absolute atomic E-state index is 14.5. The van der Waals surface area contributed by atoms with Gasteiger partial charge in [0.15, 0.2) is 5.03 Å². The summed E-state index contributed by atoms with van der Waals surface area (Å²) in [4.78, 5) is 14.9. The molecule has 0 bridgehead atoms. The van der Waals surface area contributed by atoms with Crippen LogP contribution < -0.4 is 5.32 Å². The van der Waals surface area contributed by atoms with Gasteiger partial charge >= 0.3 is 6.09 Å². The zero-order chi connectivity index (χ0) is 23.7. The van der Waals surface area contributed by atoms with E-state index < -0.39 is 49.7 Å². The van der Waals surface area contributed by atoms with Crippen molar-refractivity contribution in [3.63, 3.8) is 0 Å². The minimum atomic E-state index is -4.21. The Balaban J connectivity index is 2.18. The average Bonchev–Trinajstić information content (AvgIpc) is 3.13. The van der Waals surface area contributed by atoms with E-state index in [0.29, 0.717) is 0 Å². The van der Waals surface area contributed by atoms with Crippen LogP contribution in [0.1, 0.15) is 26.5 Å². The van der Waals surface area contributed by atoms with Crippen LogP contribution in [0.25, 0.3) is 5.69 Å². The standard InChI is InChI=1S/C21H22F2N4O4S/c1-21(2,3)18(25-20(28)29)10-14-11-19(32(30,31)15-5-4-8-24-12-15)27(26-14)17-9-13(22)6-7-16(17)23/h4-9,11-12,18,25H,10H2,1-3H3,(H,28,29). The molecule has 1 atom stereocenters. The molecule has 11 heteroatoms. The third-order valence-electron chi connectivity index (χ3n) is 4.84. The van der Waals surface area contributed by atoms with Crippen LogP contribution in [-0.4, -0.2) is 40.4 Å². The molecule has 3 aromatic rings. The molecule has 8 nitrogen and oxygen atoms in total. The highest BCUT2D eigenvalue weighted by Crippen LogP contribution is 2.28. The highest BCUT2D eigenvalue weighted by atomic mass is 32.2. The van der Waals surface area contributed by atoms with Crippen LogP contribution >= 0.6 is 0 Å². The molecule has 0 saturated heterocycles. The summed E-state index contributed by atoms with van der Waals surface area (Å²) in [6.45, 7) is 5.43. The lowest BCUT2D eigenvalue weighted by Crippen LogP contribution is -2.44. The normalized spacial score (nSPS) is 13.0. The number of rotatable bonds is 6. The molecule has 0 radical (unpaired) electrons. The summed E-state index contributed by atoms with van der Waals surface area (Å²) in [6, 6.07) is 5.98. The van der Waals surface area contributed by atoms with Gasteiger partial charge in [0.25, 0.3) is 0 Å². The zero-order valence-corrected chi connectivity index (χ0v) is 18.4. The molecule has 2 N–H and O–H groups in total. The van der Waals surface area contributed by atoms with Gasteiger partial charge in [-0.15, -0.1) is 0 Å². The number of hydrogen-bond acceptors (Lipinski definition) is 5. The molecular weight excluding hydrogens is 442 g/mol. The number of benzene rings is 1. The molecule has 3 rings (SSSR count). The Bertz CT molecular complexity index is 1240. The molecule has 0 aliphatic rings. The van der Waals surface area contributed by atoms with Crippen LogP contribution in [0.2, 0.25) is 0 Å². The molecule has 0 aliphatic heterocycles. The predicted octanol–water partition coefficient (Wildman–Crippen LogP) is 3.60. The number of pyridine rings is 1. The van der Waals surface area contributed by atoms with Crippen LogP contribution in [-0.2, 0) is 16.3 Å². The molecule has 1 aromatic carbocycles. The Morgan fingerprint density at radius 2 is 1.94 bits per heavy atom. The fourth-order valence-electron chi connectivity index (χ4n) is 3.08. The van der Waals surface area contributed by atoms with Crippen molar-refractivity contribution in [1.29, 1.82) is 0 Å². The van der Waals surface area contributed by atoms with Crippen molar-refractivity contribution >= 4 is 15.9 Å². The van der Waals surface area contributed by atoms with Gasteiger partial charge in [0, 0.05) is 30.9 Å². The number of amides is 1. The van der Waals surface area contributed by atoms with Gasteiger partial charge in [-0.1, -0.05) is 20.8 Å². The average molecular weight is 464 g/mol. The molecule has 1 amide bonds. The molecule has 2 aromatic heterocycles. The van der Waals surface area contributed by atoms with Gasteiger partial charge < -0.3 is 10.4 Å². The second-order valence-electron chi connectivity index (χ2n) is 8.25. The maximum atomic E-state index is 14.5. The number of aromatic nitrogens is 3. The van der Waals surface area contributed by atoms with Crippen molar-refractivity contribution in [2.24, 2.45) is 5.41 Å². The van der Waals surface area contributed by atoms with E-state index in [4.69, 9.17) is 0 Å². The van der Waals surface area contributed by atoms with Gasteiger partial charge in [0.2, 0.25) is 9.84 Å². The quantitative estimate of drug-likeness (QED) is 0.576. The first kappa shape index (κ1) is 23.3. The summed E-state index contributed by atoms with van der Waals surface area (Å²) < 4.78 is 55.8. The Labute approximate surface area is 183 Å². The van der Waals surface area contributed by atoms with Crippen LogP contribution in [0.5, 0.6) is 0 Å². The zero-order valence-electron chi connectivity index (χ0n) is 17.6. The molecule has 0 spiro atoms. The van der Waals surface area contributed by atoms with E-state index in [1.807, 2.05) is 20.8 Å². The lowest BCUT2D eigenvalue weighted by atomic mass is 9.84. The number of nitrogens with zero attached hydrogens (tertiary/aromatic N) is 3. The van der Waals surface area contributed by atoms with E-state index in [1.54, 1.807) is 0 Å². The largest absolute Gasteiger partial charge is 0.465 e. The van der Waals surface area contributed by atoms with Crippen molar-refractivity contribution < 1.29 is 27.1 Å². The first-order valence-corrected chi connectivity index (χ1v) is 11.1. The van der Waals surface area contributed by atoms with Crippen molar-refractivity contribution in [2.45, 2.75) is 43.2 Å². The molecule has 32 heavy (non-hydrogen) atoms. The lowest BCUT2D eigenvalue weighted by molar-refractivity contribution is 0.174. The number of hydrogen-bond donors (Lipinski definition) is 2. The summed E-state index contributed by atoms with van der Waals surface area (Å²) in [6.07, 6.45) is 1.32. The minimum absolute atomic E-state index is 0.0231. The Kier molecular flexibility index (Phi) is 6.31. The molecule has 1 unspecified atom stereocenters. The number of sulfone groups is 1. The van der Waals surface area contributed by atoms with Crippen molar-refractivity contribution in [1.82, 2.24) is 20.1 Å². The second kappa shape index (κ2) is 8.65. The van der Waals surface area contributed by atoms with Crippen LogP contribution in [0.15, 0.2) is 58.7 Å². The molecule has 0 aliphatic carbocycles. The maximum Gasteiger partial charge on any atom is 0.404 e. The Hall–Kier alpha value is -3.34. The highest BCUT2D eigenvalue weighted by Gasteiger charge is 2.31. The first-order chi connectivity index (χ1) is 14.9. The third-order valence-corrected chi connectivity index (χ3v) is 6.54. The molecule has 170 valence electrons. The smallest absolute Gasteiger partial charge is 0.404 e. The Morgan fingerprint density at radius 1 is 1.22 bits per heavy atom. The third kappa shape index (κ3) is 4.93. The van der Waals surface area contributed by atoms with Crippen molar-refractivity contribution in [3.05, 3.63) is 66.1 Å². The van der Waals surface area contributed by atoms with Gasteiger partial charge in [-0.25, -0.2) is 26.7 Å².